The monoisotopic (exact) mass is 432 g/mol. The van der Waals surface area contributed by atoms with Crippen molar-refractivity contribution in [3.63, 3.8) is 0 Å². The van der Waals surface area contributed by atoms with Crippen LogP contribution in [0, 0.1) is 0 Å². The molecule has 0 aliphatic carbocycles. The third-order valence-electron chi connectivity index (χ3n) is 3.26. The number of sulfone groups is 1. The van der Waals surface area contributed by atoms with Gasteiger partial charge in [0.15, 0.2) is 0 Å². The van der Waals surface area contributed by atoms with Gasteiger partial charge in [-0.2, -0.15) is 8.78 Å². The van der Waals surface area contributed by atoms with Crippen molar-refractivity contribution >= 4 is 37.4 Å². The number of hydrogen-bond acceptors (Lipinski definition) is 4. The van der Waals surface area contributed by atoms with Crippen LogP contribution in [0.2, 0.25) is 0 Å². The Kier molecular flexibility index (Phi) is 6.49. The average molecular weight is 433 g/mol. The summed E-state index contributed by atoms with van der Waals surface area (Å²) in [5, 5.41) is 5.69. The van der Waals surface area contributed by atoms with Gasteiger partial charge in [-0.15, -0.1) is 0 Å². The Bertz CT molecular complexity index is 825. The number of alkyl halides is 2. The van der Waals surface area contributed by atoms with Crippen LogP contribution in [0.3, 0.4) is 0 Å². The van der Waals surface area contributed by atoms with Crippen molar-refractivity contribution in [2.45, 2.75) is 10.7 Å². The predicted octanol–water partition coefficient (Wildman–Crippen LogP) is 3.29. The number of amides is 1. The lowest BCUT2D eigenvalue weighted by atomic mass is 10.2. The molecule has 0 bridgehead atoms. The van der Waals surface area contributed by atoms with Crippen LogP contribution in [0.1, 0.15) is 10.4 Å². The Morgan fingerprint density at radius 2 is 1.60 bits per heavy atom. The van der Waals surface area contributed by atoms with Gasteiger partial charge in [0, 0.05) is 28.8 Å². The van der Waals surface area contributed by atoms with Crippen LogP contribution in [0.5, 0.6) is 0 Å². The number of halogens is 3. The van der Waals surface area contributed by atoms with E-state index in [-0.39, 0.29) is 5.91 Å². The SMILES string of the molecule is O=C(NCCNc1ccc(S(=O)(=O)C(F)F)cc1)c1ccc(Br)cc1. The fraction of sp³-hybridized carbons (Fsp3) is 0.188. The summed E-state index contributed by atoms with van der Waals surface area (Å²) < 4.78 is 48.4. The number of anilines is 1. The number of hydrogen-bond donors (Lipinski definition) is 2. The van der Waals surface area contributed by atoms with Crippen molar-refractivity contribution in [2.75, 3.05) is 18.4 Å². The molecule has 0 saturated carbocycles. The van der Waals surface area contributed by atoms with Crippen LogP contribution in [0.4, 0.5) is 14.5 Å². The highest BCUT2D eigenvalue weighted by Gasteiger charge is 2.26. The van der Waals surface area contributed by atoms with Crippen LogP contribution < -0.4 is 10.6 Å². The lowest BCUT2D eigenvalue weighted by Gasteiger charge is -2.09. The van der Waals surface area contributed by atoms with Crippen molar-refractivity contribution in [3.05, 3.63) is 58.6 Å². The molecule has 2 rings (SSSR count). The Balaban J connectivity index is 1.82. The Morgan fingerprint density at radius 1 is 1.00 bits per heavy atom. The molecule has 25 heavy (non-hydrogen) atoms. The fourth-order valence-electron chi connectivity index (χ4n) is 1.95. The quantitative estimate of drug-likeness (QED) is 0.658. The zero-order valence-electron chi connectivity index (χ0n) is 12.9. The first kappa shape index (κ1) is 19.3. The molecule has 0 aromatic heterocycles. The molecular formula is C16H15BrF2N2O3S. The molecule has 5 nitrogen and oxygen atoms in total. The second-order valence-electron chi connectivity index (χ2n) is 5.02. The summed E-state index contributed by atoms with van der Waals surface area (Å²) in [6, 6.07) is 11.9. The van der Waals surface area contributed by atoms with E-state index in [1.165, 1.54) is 12.1 Å². The summed E-state index contributed by atoms with van der Waals surface area (Å²) in [7, 11) is -4.59. The molecule has 0 atom stereocenters. The highest BCUT2D eigenvalue weighted by molar-refractivity contribution is 9.10. The van der Waals surface area contributed by atoms with Gasteiger partial charge in [0.2, 0.25) is 9.84 Å². The summed E-state index contributed by atoms with van der Waals surface area (Å²) >= 11 is 3.29. The minimum atomic E-state index is -4.59. The van der Waals surface area contributed by atoms with Gasteiger partial charge in [-0.05, 0) is 48.5 Å². The molecule has 0 fully saturated rings. The molecular weight excluding hydrogens is 418 g/mol. The summed E-state index contributed by atoms with van der Waals surface area (Å²) in [5.74, 6) is -3.66. The Labute approximate surface area is 152 Å². The molecule has 9 heteroatoms. The van der Waals surface area contributed by atoms with E-state index < -0.39 is 20.5 Å². The summed E-state index contributed by atoms with van der Waals surface area (Å²) in [5.41, 5.74) is 1.09. The molecule has 1 amide bonds. The number of benzene rings is 2. The van der Waals surface area contributed by atoms with E-state index in [0.717, 1.165) is 16.6 Å². The smallest absolute Gasteiger partial charge is 0.341 e. The van der Waals surface area contributed by atoms with Gasteiger partial charge < -0.3 is 10.6 Å². The Hall–Kier alpha value is -2.00. The van der Waals surface area contributed by atoms with Crippen LogP contribution in [0.15, 0.2) is 57.9 Å². The summed E-state index contributed by atoms with van der Waals surface area (Å²) in [6.07, 6.45) is 0. The normalized spacial score (nSPS) is 11.4. The van der Waals surface area contributed by atoms with Gasteiger partial charge in [0.05, 0.1) is 4.90 Å². The molecule has 2 aromatic carbocycles. The summed E-state index contributed by atoms with van der Waals surface area (Å²) in [4.78, 5) is 11.5. The van der Waals surface area contributed by atoms with Crippen LogP contribution in [-0.4, -0.2) is 33.2 Å². The average Bonchev–Trinajstić information content (AvgIpc) is 2.59. The first-order valence-corrected chi connectivity index (χ1v) is 9.54. The van der Waals surface area contributed by atoms with Crippen molar-refractivity contribution in [3.8, 4) is 0 Å². The molecule has 0 radical (unpaired) electrons. The maximum absolute atomic E-state index is 12.4. The van der Waals surface area contributed by atoms with Gasteiger partial charge >= 0.3 is 5.76 Å². The fourth-order valence-corrected chi connectivity index (χ4v) is 2.94. The number of nitrogens with one attached hydrogen (secondary N) is 2. The predicted molar refractivity (Wildman–Crippen MR) is 94.6 cm³/mol. The number of carbonyl (C=O) groups is 1. The van der Waals surface area contributed by atoms with Gasteiger partial charge in [-0.25, -0.2) is 8.42 Å². The molecule has 2 aromatic rings. The maximum atomic E-state index is 12.4. The van der Waals surface area contributed by atoms with Crippen LogP contribution in [0.25, 0.3) is 0 Å². The molecule has 0 unspecified atom stereocenters. The standard InChI is InChI=1S/C16H15BrF2N2O3S/c17-12-3-1-11(2-4-12)15(22)21-10-9-20-13-5-7-14(8-6-13)25(23,24)16(18)19/h1-8,16,20H,9-10H2,(H,21,22). The van der Waals surface area contributed by atoms with Crippen molar-refractivity contribution < 1.29 is 22.0 Å². The van der Waals surface area contributed by atoms with Crippen LogP contribution in [-0.2, 0) is 9.84 Å². The van der Waals surface area contributed by atoms with Crippen molar-refractivity contribution in [1.82, 2.24) is 5.32 Å². The van der Waals surface area contributed by atoms with Gasteiger partial charge in [-0.1, -0.05) is 15.9 Å². The van der Waals surface area contributed by atoms with Gasteiger partial charge in [-0.3, -0.25) is 4.79 Å². The van der Waals surface area contributed by atoms with E-state index in [9.17, 15) is 22.0 Å². The lowest BCUT2D eigenvalue weighted by Crippen LogP contribution is -2.28. The maximum Gasteiger partial charge on any atom is 0.341 e. The minimum Gasteiger partial charge on any atom is -0.383 e. The van der Waals surface area contributed by atoms with E-state index >= 15 is 0 Å². The van der Waals surface area contributed by atoms with E-state index in [1.807, 2.05) is 0 Å². The topological polar surface area (TPSA) is 75.3 Å². The largest absolute Gasteiger partial charge is 0.383 e. The zero-order chi connectivity index (χ0) is 18.4. The number of rotatable bonds is 7. The Morgan fingerprint density at radius 3 is 2.16 bits per heavy atom. The third-order valence-corrected chi connectivity index (χ3v) is 5.19. The molecule has 0 aliphatic rings. The van der Waals surface area contributed by atoms with Gasteiger partial charge in [0.25, 0.3) is 5.91 Å². The molecule has 0 aliphatic heterocycles. The first-order valence-electron chi connectivity index (χ1n) is 7.20. The highest BCUT2D eigenvalue weighted by Crippen LogP contribution is 2.20. The molecule has 134 valence electrons. The molecule has 0 heterocycles. The zero-order valence-corrected chi connectivity index (χ0v) is 15.3. The van der Waals surface area contributed by atoms with E-state index in [1.54, 1.807) is 24.3 Å². The summed E-state index contributed by atoms with van der Waals surface area (Å²) in [6.45, 7) is 0.731. The van der Waals surface area contributed by atoms with Crippen molar-refractivity contribution in [1.29, 1.82) is 0 Å². The highest BCUT2D eigenvalue weighted by atomic mass is 79.9. The van der Waals surface area contributed by atoms with Gasteiger partial charge in [0.1, 0.15) is 0 Å². The second-order valence-corrected chi connectivity index (χ2v) is 7.85. The first-order chi connectivity index (χ1) is 11.8. The molecule has 2 N–H and O–H groups in total. The minimum absolute atomic E-state index is 0.215. The van der Waals surface area contributed by atoms with E-state index in [0.29, 0.717) is 24.3 Å². The third kappa shape index (κ3) is 5.23. The van der Waals surface area contributed by atoms with E-state index in [4.69, 9.17) is 0 Å². The lowest BCUT2D eigenvalue weighted by molar-refractivity contribution is 0.0955. The van der Waals surface area contributed by atoms with Crippen molar-refractivity contribution in [2.24, 2.45) is 0 Å². The molecule has 0 spiro atoms. The second kappa shape index (κ2) is 8.39. The van der Waals surface area contributed by atoms with E-state index in [2.05, 4.69) is 26.6 Å². The van der Waals surface area contributed by atoms with Crippen LogP contribution >= 0.6 is 15.9 Å². The molecule has 0 saturated heterocycles. The number of carbonyl (C=O) groups excluding carboxylic acids is 1.